The summed E-state index contributed by atoms with van der Waals surface area (Å²) in [5.41, 5.74) is 24.5. The van der Waals surface area contributed by atoms with Crippen LogP contribution >= 0.6 is 0 Å². The Hall–Kier alpha value is -17.8. The molecular formula is C114H72N12O3. The highest BCUT2D eigenvalue weighted by atomic mass is 16.4. The van der Waals surface area contributed by atoms with Gasteiger partial charge in [-0.3, -0.25) is 28.7 Å². The molecule has 15 heteroatoms. The number of hydrogen-bond donors (Lipinski definition) is 0. The Kier molecular flexibility index (Phi) is 17.5. The number of hydrogen-bond acceptors (Lipinski definition) is 9. The largest absolute Gasteiger partial charge is 0.419 e. The van der Waals surface area contributed by atoms with E-state index >= 15 is 0 Å². The summed E-state index contributed by atoms with van der Waals surface area (Å²) in [4.78, 5) is 28.6. The summed E-state index contributed by atoms with van der Waals surface area (Å²) in [7, 11) is 0. The lowest BCUT2D eigenvalue weighted by Crippen LogP contribution is -1.96. The van der Waals surface area contributed by atoms with Crippen molar-refractivity contribution >= 4 is 131 Å². The Morgan fingerprint density at radius 1 is 0.178 bits per heavy atom. The zero-order chi connectivity index (χ0) is 85.0. The van der Waals surface area contributed by atoms with Crippen LogP contribution in [0.2, 0.25) is 0 Å². The molecule has 0 radical (unpaired) electrons. The van der Waals surface area contributed by atoms with Gasteiger partial charge in [-0.1, -0.05) is 267 Å². The molecule has 0 spiro atoms. The van der Waals surface area contributed by atoms with Crippen molar-refractivity contribution in [3.63, 3.8) is 0 Å². The molecule has 15 nitrogen and oxygen atoms in total. The van der Waals surface area contributed by atoms with Crippen LogP contribution in [0.3, 0.4) is 0 Å². The van der Waals surface area contributed by atoms with Crippen LogP contribution in [0.4, 0.5) is 0 Å². The first-order valence-electron chi connectivity index (χ1n) is 43.0. The first-order valence-corrected chi connectivity index (χ1v) is 43.0. The van der Waals surface area contributed by atoms with Gasteiger partial charge in [0, 0.05) is 117 Å². The van der Waals surface area contributed by atoms with E-state index in [1.54, 1.807) is 0 Å². The molecular weight excluding hydrogens is 1590 g/mol. The molecule has 15 aromatic carbocycles. The number of rotatable bonds is 12. The Bertz CT molecular complexity index is 8960. The molecule has 12 aromatic heterocycles. The minimum Gasteiger partial charge on any atom is -0.419 e. The van der Waals surface area contributed by atoms with Gasteiger partial charge in [0.1, 0.15) is 17.1 Å². The maximum atomic E-state index is 6.80. The molecule has 0 N–H and O–H groups in total. The Balaban J connectivity index is 0.000000105. The number of pyridine rings is 3. The van der Waals surface area contributed by atoms with Crippen LogP contribution in [0, 0.1) is 0 Å². The number of aromatic nitrogens is 12. The molecule has 606 valence electrons. The number of nitrogens with zero attached hydrogens (tertiary/aromatic N) is 12. The number of fused-ring (bicyclic) bond motifs is 20. The zero-order valence-electron chi connectivity index (χ0n) is 69.2. The summed E-state index contributed by atoms with van der Waals surface area (Å²) in [6, 6.07) is 138. The maximum absolute atomic E-state index is 6.80. The van der Waals surface area contributed by atoms with Gasteiger partial charge in [-0.2, -0.15) is 0 Å². The average Bonchev–Trinajstić information content (AvgIpc) is 1.55. The Labute approximate surface area is 737 Å². The topological polar surface area (TPSA) is 146 Å². The highest BCUT2D eigenvalue weighted by Gasteiger charge is 2.31. The van der Waals surface area contributed by atoms with Gasteiger partial charge in [-0.05, 0) is 133 Å². The standard InChI is InChI=1S/3C38H24N4O/c1-3-12-25(13-4-1)35-38(43-37(40-35)26-14-5-2-6-15-26)42-31-19-9-7-17-28(31)29-21-22-33-34(36(29)42)30-18-8-10-20-32(30)41(33)27-16-11-23-39-24-27;1-3-12-25(13-4-1)35-38(43-37(40-35)26-14-5-2-6-15-26)42-32-20-10-8-18-30(32)34-33(42)22-21-29-28-17-7-9-19-31(28)41(36(29)34)27-16-11-23-39-24-27;1-3-12-25(13-4-1)36-38(43-37(40-36)26-14-5-2-6-15-26)42-33-20-10-8-18-29(33)31-22-34-30(23-35(31)42)28-17-7-9-19-32(28)41(34)27-16-11-21-39-24-27/h3*1-24H. The molecule has 12 heterocycles. The number of para-hydroxylation sites is 6. The lowest BCUT2D eigenvalue weighted by molar-refractivity contribution is 0.554. The fraction of sp³-hybridized carbons (Fsp3) is 0. The predicted molar refractivity (Wildman–Crippen MR) is 522 cm³/mol. The van der Waals surface area contributed by atoms with E-state index in [1.807, 2.05) is 201 Å². The van der Waals surface area contributed by atoms with Crippen molar-refractivity contribution in [3.05, 3.63) is 438 Å². The fourth-order valence-corrected chi connectivity index (χ4v) is 19.2. The summed E-state index contributed by atoms with van der Waals surface area (Å²) in [6.45, 7) is 0. The van der Waals surface area contributed by atoms with Crippen molar-refractivity contribution in [2.75, 3.05) is 0 Å². The molecule has 0 aliphatic rings. The van der Waals surface area contributed by atoms with E-state index < -0.39 is 0 Å². The summed E-state index contributed by atoms with van der Waals surface area (Å²) in [6.07, 6.45) is 11.2. The van der Waals surface area contributed by atoms with Gasteiger partial charge < -0.3 is 27.0 Å². The Morgan fingerprint density at radius 2 is 0.442 bits per heavy atom. The highest BCUT2D eigenvalue weighted by Crippen LogP contribution is 2.49. The third kappa shape index (κ3) is 12.1. The normalized spacial score (nSPS) is 11.7. The van der Waals surface area contributed by atoms with Crippen LogP contribution in [0.25, 0.3) is 234 Å². The van der Waals surface area contributed by atoms with Gasteiger partial charge in [0.15, 0.2) is 0 Å². The van der Waals surface area contributed by atoms with Crippen molar-refractivity contribution in [3.8, 4) is 103 Å². The van der Waals surface area contributed by atoms with Crippen LogP contribution in [-0.2, 0) is 0 Å². The minimum atomic E-state index is 0.588. The van der Waals surface area contributed by atoms with Crippen molar-refractivity contribution in [2.45, 2.75) is 0 Å². The summed E-state index contributed by atoms with van der Waals surface area (Å²) in [5, 5.41) is 14.0. The molecule has 0 atom stereocenters. The average molecular weight is 1660 g/mol. The molecule has 0 saturated carbocycles. The van der Waals surface area contributed by atoms with E-state index in [4.69, 9.17) is 28.2 Å². The first-order chi connectivity index (χ1) is 64.1. The van der Waals surface area contributed by atoms with Gasteiger partial charge in [0.2, 0.25) is 35.3 Å². The molecule has 0 unspecified atom stereocenters. The lowest BCUT2D eigenvalue weighted by atomic mass is 10.1. The van der Waals surface area contributed by atoms with Crippen LogP contribution < -0.4 is 0 Å². The monoisotopic (exact) mass is 1660 g/mol. The molecule has 0 amide bonds. The van der Waals surface area contributed by atoms with Crippen molar-refractivity contribution < 1.29 is 13.3 Å². The smallest absolute Gasteiger partial charge is 0.233 e. The number of benzene rings is 15. The molecule has 129 heavy (non-hydrogen) atoms. The van der Waals surface area contributed by atoms with Crippen LogP contribution in [-0.4, -0.2) is 57.3 Å². The summed E-state index contributed by atoms with van der Waals surface area (Å²) >= 11 is 0. The van der Waals surface area contributed by atoms with Gasteiger partial charge >= 0.3 is 0 Å². The van der Waals surface area contributed by atoms with Crippen LogP contribution in [0.1, 0.15) is 0 Å². The van der Waals surface area contributed by atoms with Gasteiger partial charge in [-0.15, -0.1) is 0 Å². The molecule has 0 aliphatic heterocycles. The molecule has 0 bridgehead atoms. The molecule has 0 aliphatic carbocycles. The lowest BCUT2D eigenvalue weighted by Gasteiger charge is -2.09. The van der Waals surface area contributed by atoms with E-state index in [-0.39, 0.29) is 0 Å². The SMILES string of the molecule is c1ccc(-c2nc(-c3ccccc3)c(-n3c4ccccc4c4c3ccc3c5ccccc5n(-c5cccnc5)c34)o2)cc1.c1ccc(-c2nc(-c3ccccc3)c(-n3c4ccccc4c4cc5c(cc43)c3ccccc3n5-c3cccnc3)o2)cc1.c1ccc(-c2nc(-c3ccccc3)c(-n3c4ccccc4c4ccc5c(c6ccccc6n5-c5cccnc5)c43)o2)cc1. The zero-order valence-corrected chi connectivity index (χ0v) is 69.2. The third-order valence-corrected chi connectivity index (χ3v) is 24.8. The van der Waals surface area contributed by atoms with Gasteiger partial charge in [0.05, 0.1) is 102 Å². The molecule has 0 saturated heterocycles. The predicted octanol–water partition coefficient (Wildman–Crippen LogP) is 28.8. The molecule has 27 aromatic rings. The van der Waals surface area contributed by atoms with Crippen LogP contribution in [0.5, 0.6) is 0 Å². The third-order valence-electron chi connectivity index (χ3n) is 24.8. The van der Waals surface area contributed by atoms with Crippen LogP contribution in [0.15, 0.2) is 451 Å². The van der Waals surface area contributed by atoms with Crippen molar-refractivity contribution in [1.82, 2.24) is 57.3 Å². The maximum Gasteiger partial charge on any atom is 0.233 e. The Morgan fingerprint density at radius 3 is 0.822 bits per heavy atom. The summed E-state index contributed by atoms with van der Waals surface area (Å²) in [5.74, 6) is 3.86. The fourth-order valence-electron chi connectivity index (χ4n) is 19.2. The highest BCUT2D eigenvalue weighted by molar-refractivity contribution is 6.28. The van der Waals surface area contributed by atoms with E-state index in [2.05, 4.69) is 279 Å². The summed E-state index contributed by atoms with van der Waals surface area (Å²) < 4.78 is 34.0. The van der Waals surface area contributed by atoms with Crippen molar-refractivity contribution in [2.24, 2.45) is 0 Å². The second kappa shape index (κ2) is 30.6. The molecule has 0 fully saturated rings. The minimum absolute atomic E-state index is 0.588. The quantitative estimate of drug-likeness (QED) is 0.117. The van der Waals surface area contributed by atoms with Gasteiger partial charge in [-0.25, -0.2) is 15.0 Å². The van der Waals surface area contributed by atoms with E-state index in [0.29, 0.717) is 35.3 Å². The van der Waals surface area contributed by atoms with Gasteiger partial charge in [0.25, 0.3) is 0 Å². The van der Waals surface area contributed by atoms with Crippen molar-refractivity contribution in [1.29, 1.82) is 0 Å². The molecule has 27 rings (SSSR count). The first kappa shape index (κ1) is 73.9. The van der Waals surface area contributed by atoms with E-state index in [9.17, 15) is 0 Å². The van der Waals surface area contributed by atoms with E-state index in [0.717, 1.165) is 171 Å². The number of oxazole rings is 3. The second-order valence-electron chi connectivity index (χ2n) is 32.1. The van der Waals surface area contributed by atoms with E-state index in [1.165, 1.54) is 26.9 Å². The second-order valence-corrected chi connectivity index (χ2v) is 32.1.